The van der Waals surface area contributed by atoms with E-state index in [0.29, 0.717) is 0 Å². The minimum Gasteiger partial charge on any atom is -0.481 e. The maximum atomic E-state index is 13.7. The van der Waals surface area contributed by atoms with Gasteiger partial charge in [0, 0.05) is 18.0 Å². The van der Waals surface area contributed by atoms with Gasteiger partial charge in [0.1, 0.15) is 12.6 Å². The molecule has 0 fully saturated rings. The Hall–Kier alpha value is -3.49. The minimum absolute atomic E-state index is 0.0451. The third-order valence-corrected chi connectivity index (χ3v) is 6.01. The van der Waals surface area contributed by atoms with Gasteiger partial charge in [0.05, 0.1) is 12.8 Å². The number of amides is 2. The van der Waals surface area contributed by atoms with E-state index in [1.807, 2.05) is 48.5 Å². The van der Waals surface area contributed by atoms with Gasteiger partial charge in [-0.05, 0) is 43.0 Å². The molecule has 0 saturated heterocycles. The van der Waals surface area contributed by atoms with Gasteiger partial charge in [-0.1, -0.05) is 48.5 Å². The lowest BCUT2D eigenvalue weighted by Gasteiger charge is -2.36. The number of alkyl carbamates (subject to hydrolysis) is 1. The summed E-state index contributed by atoms with van der Waals surface area (Å²) in [6, 6.07) is 13.7. The zero-order valence-corrected chi connectivity index (χ0v) is 20.0. The van der Waals surface area contributed by atoms with Crippen molar-refractivity contribution in [1.29, 1.82) is 0 Å². The van der Waals surface area contributed by atoms with Crippen molar-refractivity contribution in [1.82, 2.24) is 10.2 Å². The van der Waals surface area contributed by atoms with Crippen molar-refractivity contribution in [3.8, 4) is 11.1 Å². The summed E-state index contributed by atoms with van der Waals surface area (Å²) < 4.78 is 32.7. The van der Waals surface area contributed by atoms with Crippen LogP contribution in [0.25, 0.3) is 11.1 Å². The molecule has 1 aliphatic rings. The van der Waals surface area contributed by atoms with E-state index in [4.69, 9.17) is 9.84 Å². The summed E-state index contributed by atoms with van der Waals surface area (Å²) in [5, 5.41) is 11.1. The molecule has 0 heterocycles. The topological polar surface area (TPSA) is 95.9 Å². The number of nitrogens with one attached hydrogen (secondary N) is 1. The van der Waals surface area contributed by atoms with Crippen LogP contribution in [0.1, 0.15) is 50.7 Å². The molecule has 0 aliphatic heterocycles. The number of halogens is 2. The lowest BCUT2D eigenvalue weighted by atomic mass is 9.98. The number of aliphatic carboxylic acids is 1. The number of nitrogens with zero attached hydrogens (tertiary/aromatic N) is 1. The van der Waals surface area contributed by atoms with Gasteiger partial charge in [-0.3, -0.25) is 9.59 Å². The van der Waals surface area contributed by atoms with Crippen molar-refractivity contribution in [2.24, 2.45) is 0 Å². The number of benzene rings is 2. The largest absolute Gasteiger partial charge is 0.481 e. The molecule has 0 spiro atoms. The van der Waals surface area contributed by atoms with Gasteiger partial charge in [0.2, 0.25) is 5.91 Å². The molecule has 2 N–H and O–H groups in total. The summed E-state index contributed by atoms with van der Waals surface area (Å²) in [5.74, 6) is -2.01. The smallest absolute Gasteiger partial charge is 0.407 e. The Balaban J connectivity index is 1.64. The highest BCUT2D eigenvalue weighted by atomic mass is 19.3. The third-order valence-electron chi connectivity index (χ3n) is 6.01. The van der Waals surface area contributed by atoms with Crippen LogP contribution >= 0.6 is 0 Å². The Labute approximate surface area is 203 Å². The maximum Gasteiger partial charge on any atom is 0.407 e. The number of carboxylic acid groups (broad SMARTS) is 1. The number of ether oxygens (including phenoxy) is 1. The van der Waals surface area contributed by atoms with E-state index < -0.39 is 42.4 Å². The van der Waals surface area contributed by atoms with Crippen molar-refractivity contribution >= 4 is 18.0 Å². The predicted molar refractivity (Wildman–Crippen MR) is 126 cm³/mol. The van der Waals surface area contributed by atoms with E-state index in [2.05, 4.69) is 5.32 Å². The van der Waals surface area contributed by atoms with E-state index >= 15 is 0 Å². The van der Waals surface area contributed by atoms with E-state index in [1.54, 1.807) is 20.8 Å². The summed E-state index contributed by atoms with van der Waals surface area (Å²) in [6.07, 6.45) is -5.06. The molecule has 0 bridgehead atoms. The molecular weight excluding hydrogens is 458 g/mol. The normalized spacial score (nSPS) is 13.7. The van der Waals surface area contributed by atoms with Crippen LogP contribution in [0.4, 0.5) is 13.6 Å². The fourth-order valence-electron chi connectivity index (χ4n) is 4.33. The Morgan fingerprint density at radius 3 is 2.06 bits per heavy atom. The molecule has 7 nitrogen and oxygen atoms in total. The van der Waals surface area contributed by atoms with Gasteiger partial charge in [-0.25, -0.2) is 13.6 Å². The number of carboxylic acids is 1. The Morgan fingerprint density at radius 2 is 1.57 bits per heavy atom. The fraction of sp³-hybridized carbons (Fsp3) is 0.423. The number of hydrogen-bond donors (Lipinski definition) is 2. The molecule has 1 atom stereocenters. The zero-order chi connectivity index (χ0) is 25.8. The van der Waals surface area contributed by atoms with E-state index in [-0.39, 0.29) is 25.5 Å². The number of hydrogen-bond acceptors (Lipinski definition) is 4. The Morgan fingerprint density at radius 1 is 1.03 bits per heavy atom. The molecule has 188 valence electrons. The van der Waals surface area contributed by atoms with Crippen LogP contribution in [-0.4, -0.2) is 59.1 Å². The second kappa shape index (κ2) is 10.8. The molecule has 2 amide bonds. The predicted octanol–water partition coefficient (Wildman–Crippen LogP) is 4.65. The van der Waals surface area contributed by atoms with Crippen molar-refractivity contribution in [2.75, 3.05) is 13.2 Å². The SMILES string of the molecule is CC(C)(C)N(CCC(=O)O)C(=O)CC(NC(=O)OCC1c2ccccc2-c2ccccc21)C(F)F. The first-order valence-electron chi connectivity index (χ1n) is 11.4. The highest BCUT2D eigenvalue weighted by Crippen LogP contribution is 2.44. The van der Waals surface area contributed by atoms with Crippen LogP contribution in [0.5, 0.6) is 0 Å². The molecule has 0 aromatic heterocycles. The molecule has 2 aromatic rings. The molecule has 35 heavy (non-hydrogen) atoms. The average Bonchev–Trinajstić information content (AvgIpc) is 3.10. The van der Waals surface area contributed by atoms with Gasteiger partial charge in [0.15, 0.2) is 0 Å². The van der Waals surface area contributed by atoms with Crippen LogP contribution in [0.2, 0.25) is 0 Å². The van der Waals surface area contributed by atoms with Crippen molar-refractivity contribution in [3.63, 3.8) is 0 Å². The maximum absolute atomic E-state index is 13.7. The van der Waals surface area contributed by atoms with Gasteiger partial charge in [-0.15, -0.1) is 0 Å². The summed E-state index contributed by atoms with van der Waals surface area (Å²) in [7, 11) is 0. The molecule has 9 heteroatoms. The fourth-order valence-corrected chi connectivity index (χ4v) is 4.33. The van der Waals surface area contributed by atoms with Gasteiger partial charge >= 0.3 is 12.1 Å². The monoisotopic (exact) mass is 488 g/mol. The van der Waals surface area contributed by atoms with Crippen LogP contribution in [0, 0.1) is 0 Å². The first-order chi connectivity index (χ1) is 16.5. The lowest BCUT2D eigenvalue weighted by Crippen LogP contribution is -2.50. The summed E-state index contributed by atoms with van der Waals surface area (Å²) in [5.41, 5.74) is 3.28. The first kappa shape index (κ1) is 26.1. The minimum atomic E-state index is -3.01. The van der Waals surface area contributed by atoms with Crippen molar-refractivity contribution < 1.29 is 33.0 Å². The standard InChI is InChI=1S/C26H30F2N2O5/c1-26(2,3)30(13-12-23(32)33)22(31)14-21(24(27)28)29-25(34)35-15-20-18-10-6-4-8-16(18)17-9-5-7-11-19(17)20/h4-11,20-21,24H,12-15H2,1-3H3,(H,29,34)(H,32,33). The molecular formula is C26H30F2N2O5. The lowest BCUT2D eigenvalue weighted by molar-refractivity contribution is -0.141. The van der Waals surface area contributed by atoms with Crippen molar-refractivity contribution in [3.05, 3.63) is 59.7 Å². The van der Waals surface area contributed by atoms with E-state index in [9.17, 15) is 23.2 Å². The van der Waals surface area contributed by atoms with Crippen LogP contribution in [0.15, 0.2) is 48.5 Å². The molecule has 0 saturated carbocycles. The quantitative estimate of drug-likeness (QED) is 0.536. The van der Waals surface area contributed by atoms with Crippen LogP contribution in [0.3, 0.4) is 0 Å². The van der Waals surface area contributed by atoms with Crippen LogP contribution in [-0.2, 0) is 14.3 Å². The highest BCUT2D eigenvalue weighted by Gasteiger charge is 2.33. The van der Waals surface area contributed by atoms with Crippen molar-refractivity contribution in [2.45, 2.75) is 57.5 Å². The average molecular weight is 489 g/mol. The van der Waals surface area contributed by atoms with Gasteiger partial charge in [0.25, 0.3) is 6.43 Å². The number of alkyl halides is 2. The molecule has 1 unspecified atom stereocenters. The number of fused-ring (bicyclic) bond motifs is 3. The summed E-state index contributed by atoms with van der Waals surface area (Å²) in [4.78, 5) is 37.3. The molecule has 2 aromatic carbocycles. The van der Waals surface area contributed by atoms with E-state index in [1.165, 1.54) is 4.90 Å². The second-order valence-corrected chi connectivity index (χ2v) is 9.47. The molecule has 3 rings (SSSR count). The summed E-state index contributed by atoms with van der Waals surface area (Å²) >= 11 is 0. The van der Waals surface area contributed by atoms with Gasteiger partial charge in [-0.2, -0.15) is 0 Å². The van der Waals surface area contributed by atoms with Crippen LogP contribution < -0.4 is 5.32 Å². The number of carbonyl (C=O) groups is 3. The summed E-state index contributed by atoms with van der Waals surface area (Å²) in [6.45, 7) is 4.88. The molecule has 1 aliphatic carbocycles. The number of carbonyl (C=O) groups excluding carboxylic acids is 2. The number of rotatable bonds is 9. The molecule has 0 radical (unpaired) electrons. The first-order valence-corrected chi connectivity index (χ1v) is 11.4. The highest BCUT2D eigenvalue weighted by molar-refractivity contribution is 5.80. The zero-order valence-electron chi connectivity index (χ0n) is 20.0. The second-order valence-electron chi connectivity index (χ2n) is 9.47. The Kier molecular flexibility index (Phi) is 8.09. The van der Waals surface area contributed by atoms with E-state index in [0.717, 1.165) is 22.3 Å². The Bertz CT molecular complexity index is 1040. The third kappa shape index (κ3) is 6.35. The van der Waals surface area contributed by atoms with Gasteiger partial charge < -0.3 is 20.1 Å².